The number of benzene rings is 1. The highest BCUT2D eigenvalue weighted by Gasteiger charge is 2.44. The van der Waals surface area contributed by atoms with Crippen molar-refractivity contribution in [3.63, 3.8) is 0 Å². The number of hydrogen-bond acceptors (Lipinski definition) is 4. The Morgan fingerprint density at radius 2 is 1.86 bits per heavy atom. The molecule has 112 valence electrons. The van der Waals surface area contributed by atoms with Gasteiger partial charge < -0.3 is 5.11 Å². The monoisotopic (exact) mass is 308 g/mol. The van der Waals surface area contributed by atoms with Gasteiger partial charge in [-0.25, -0.2) is 12.7 Å². The molecule has 0 saturated carbocycles. The number of nitriles is 1. The van der Waals surface area contributed by atoms with Crippen molar-refractivity contribution in [2.24, 2.45) is 0 Å². The second-order valence-corrected chi connectivity index (χ2v) is 7.04. The Balaban J connectivity index is 2.24. The zero-order chi connectivity index (χ0) is 15.5. The van der Waals surface area contributed by atoms with Crippen molar-refractivity contribution in [3.8, 4) is 6.07 Å². The molecule has 1 aliphatic heterocycles. The van der Waals surface area contributed by atoms with Crippen molar-refractivity contribution < 1.29 is 18.3 Å². The third-order valence-corrected chi connectivity index (χ3v) is 5.60. The smallest absolute Gasteiger partial charge is 0.314 e. The van der Waals surface area contributed by atoms with Crippen LogP contribution in [0.2, 0.25) is 0 Å². The number of piperidine rings is 1. The summed E-state index contributed by atoms with van der Waals surface area (Å²) < 4.78 is 24.9. The highest BCUT2D eigenvalue weighted by atomic mass is 32.2. The molecule has 0 spiro atoms. The first-order valence-corrected chi connectivity index (χ1v) is 8.17. The third-order valence-electron chi connectivity index (χ3n) is 3.95. The second-order valence-electron chi connectivity index (χ2n) is 5.07. The molecule has 1 aromatic rings. The maximum Gasteiger partial charge on any atom is 0.314 e. The molecule has 0 atom stereocenters. The van der Waals surface area contributed by atoms with Gasteiger partial charge in [0, 0.05) is 13.1 Å². The highest BCUT2D eigenvalue weighted by molar-refractivity contribution is 7.89. The summed E-state index contributed by atoms with van der Waals surface area (Å²) in [5.74, 6) is -1.51. The van der Waals surface area contributed by atoms with Crippen LogP contribution < -0.4 is 0 Å². The third kappa shape index (κ3) is 2.91. The minimum atomic E-state index is -3.61. The SMILES string of the molecule is N#CCS(=O)(=O)N1CCC(C(=O)O)(c2ccccc2)CC1. The lowest BCUT2D eigenvalue weighted by molar-refractivity contribution is -0.145. The van der Waals surface area contributed by atoms with Gasteiger partial charge in [0.25, 0.3) is 0 Å². The van der Waals surface area contributed by atoms with Gasteiger partial charge in [-0.3, -0.25) is 4.79 Å². The summed E-state index contributed by atoms with van der Waals surface area (Å²) in [5, 5.41) is 18.2. The van der Waals surface area contributed by atoms with Crippen LogP contribution in [-0.2, 0) is 20.2 Å². The van der Waals surface area contributed by atoms with Crippen LogP contribution in [0.4, 0.5) is 0 Å². The molecule has 1 fully saturated rings. The maximum atomic E-state index is 11.9. The first-order valence-electron chi connectivity index (χ1n) is 6.56. The lowest BCUT2D eigenvalue weighted by atomic mass is 9.73. The van der Waals surface area contributed by atoms with Crippen LogP contribution in [0.1, 0.15) is 18.4 Å². The summed E-state index contributed by atoms with van der Waals surface area (Å²) in [6.07, 6.45) is 0.411. The summed E-state index contributed by atoms with van der Waals surface area (Å²) in [4.78, 5) is 11.7. The van der Waals surface area contributed by atoms with E-state index in [-0.39, 0.29) is 25.9 Å². The fourth-order valence-corrected chi connectivity index (χ4v) is 3.79. The number of sulfonamides is 1. The van der Waals surface area contributed by atoms with Gasteiger partial charge in [-0.15, -0.1) is 0 Å². The molecule has 0 unspecified atom stereocenters. The minimum absolute atomic E-state index is 0.116. The first-order chi connectivity index (χ1) is 9.92. The van der Waals surface area contributed by atoms with E-state index in [1.807, 2.05) is 6.07 Å². The Hall–Kier alpha value is -1.91. The Morgan fingerprint density at radius 1 is 1.29 bits per heavy atom. The zero-order valence-corrected chi connectivity index (χ0v) is 12.2. The number of hydrogen-bond donors (Lipinski definition) is 1. The molecule has 0 radical (unpaired) electrons. The largest absolute Gasteiger partial charge is 0.481 e. The lowest BCUT2D eigenvalue weighted by Gasteiger charge is -2.38. The van der Waals surface area contributed by atoms with Crippen LogP contribution in [-0.4, -0.2) is 42.6 Å². The summed E-state index contributed by atoms with van der Waals surface area (Å²) >= 11 is 0. The fourth-order valence-electron chi connectivity index (χ4n) is 2.70. The van der Waals surface area contributed by atoms with Crippen molar-refractivity contribution in [1.29, 1.82) is 5.26 Å². The van der Waals surface area contributed by atoms with Crippen LogP contribution in [0.15, 0.2) is 30.3 Å². The molecule has 0 amide bonds. The molecule has 1 aliphatic rings. The molecule has 7 heteroatoms. The first kappa shape index (κ1) is 15.5. The van der Waals surface area contributed by atoms with Gasteiger partial charge in [-0.2, -0.15) is 5.26 Å². The van der Waals surface area contributed by atoms with Gasteiger partial charge in [-0.05, 0) is 18.4 Å². The van der Waals surface area contributed by atoms with Gasteiger partial charge in [0.1, 0.15) is 0 Å². The molecule has 1 aromatic carbocycles. The molecule has 0 aromatic heterocycles. The average molecular weight is 308 g/mol. The Morgan fingerprint density at radius 3 is 2.33 bits per heavy atom. The van der Waals surface area contributed by atoms with Crippen LogP contribution in [0.5, 0.6) is 0 Å². The summed E-state index contributed by atoms with van der Waals surface area (Å²) in [6.45, 7) is 0.233. The average Bonchev–Trinajstić information content (AvgIpc) is 2.48. The minimum Gasteiger partial charge on any atom is -0.481 e. The van der Waals surface area contributed by atoms with E-state index >= 15 is 0 Å². The zero-order valence-electron chi connectivity index (χ0n) is 11.4. The number of carbonyl (C=O) groups is 1. The predicted molar refractivity (Wildman–Crippen MR) is 76.0 cm³/mol. The Labute approximate surface area is 123 Å². The molecule has 0 aliphatic carbocycles. The van der Waals surface area contributed by atoms with Crippen LogP contribution >= 0.6 is 0 Å². The van der Waals surface area contributed by atoms with E-state index in [9.17, 15) is 18.3 Å². The Bertz CT molecular complexity index is 656. The van der Waals surface area contributed by atoms with E-state index < -0.39 is 27.2 Å². The van der Waals surface area contributed by atoms with E-state index in [0.717, 1.165) is 0 Å². The molecule has 2 rings (SSSR count). The van der Waals surface area contributed by atoms with Crippen molar-refractivity contribution in [2.45, 2.75) is 18.3 Å². The van der Waals surface area contributed by atoms with Crippen molar-refractivity contribution >= 4 is 16.0 Å². The molecular weight excluding hydrogens is 292 g/mol. The highest BCUT2D eigenvalue weighted by Crippen LogP contribution is 2.36. The topological polar surface area (TPSA) is 98.5 Å². The lowest BCUT2D eigenvalue weighted by Crippen LogP contribution is -2.49. The standard InChI is InChI=1S/C14H16N2O4S/c15-8-11-21(19,20)16-9-6-14(7-10-16,13(17)18)12-4-2-1-3-5-12/h1-5H,6-7,9-11H2,(H,17,18). The summed E-state index contributed by atoms with van der Waals surface area (Å²) in [5.41, 5.74) is -0.366. The molecule has 1 N–H and O–H groups in total. The van der Waals surface area contributed by atoms with Crippen LogP contribution in [0.3, 0.4) is 0 Å². The molecule has 0 bridgehead atoms. The van der Waals surface area contributed by atoms with E-state index in [4.69, 9.17) is 5.26 Å². The second kappa shape index (κ2) is 5.84. The Kier molecular flexibility index (Phi) is 4.30. The van der Waals surface area contributed by atoms with Crippen molar-refractivity contribution in [2.75, 3.05) is 18.8 Å². The fraction of sp³-hybridized carbons (Fsp3) is 0.429. The molecule has 6 nitrogen and oxygen atoms in total. The van der Waals surface area contributed by atoms with Gasteiger partial charge >= 0.3 is 5.97 Å². The maximum absolute atomic E-state index is 11.9. The van der Waals surface area contributed by atoms with E-state index in [1.165, 1.54) is 4.31 Å². The summed E-state index contributed by atoms with van der Waals surface area (Å²) in [7, 11) is -3.61. The number of aliphatic carboxylic acids is 1. The van der Waals surface area contributed by atoms with Crippen LogP contribution in [0, 0.1) is 11.3 Å². The number of rotatable bonds is 4. The van der Waals surface area contributed by atoms with E-state index in [2.05, 4.69) is 0 Å². The predicted octanol–water partition coefficient (Wildman–Crippen LogP) is 0.958. The normalized spacial score (nSPS) is 18.8. The van der Waals surface area contributed by atoms with E-state index in [1.54, 1.807) is 30.3 Å². The van der Waals surface area contributed by atoms with Gasteiger partial charge in [0.05, 0.1) is 11.5 Å². The van der Waals surface area contributed by atoms with Gasteiger partial charge in [0.15, 0.2) is 5.75 Å². The van der Waals surface area contributed by atoms with Crippen molar-refractivity contribution in [1.82, 2.24) is 4.31 Å². The van der Waals surface area contributed by atoms with E-state index in [0.29, 0.717) is 5.56 Å². The molecule has 1 heterocycles. The molecule has 21 heavy (non-hydrogen) atoms. The van der Waals surface area contributed by atoms with Crippen molar-refractivity contribution in [3.05, 3.63) is 35.9 Å². The quantitative estimate of drug-likeness (QED) is 0.893. The molecular formula is C14H16N2O4S. The van der Waals surface area contributed by atoms with Crippen LogP contribution in [0.25, 0.3) is 0 Å². The number of nitrogens with zero attached hydrogens (tertiary/aromatic N) is 2. The van der Waals surface area contributed by atoms with Gasteiger partial charge in [-0.1, -0.05) is 30.3 Å². The summed E-state index contributed by atoms with van der Waals surface area (Å²) in [6, 6.07) is 10.5. The number of carboxylic acids is 1. The number of carboxylic acid groups (broad SMARTS) is 1. The molecule has 1 saturated heterocycles. The van der Waals surface area contributed by atoms with Gasteiger partial charge in [0.2, 0.25) is 10.0 Å².